The number of anilines is 2. The quantitative estimate of drug-likeness (QED) is 0.460. The van der Waals surface area contributed by atoms with E-state index in [1.807, 2.05) is 0 Å². The number of aromatic nitrogens is 2. The fourth-order valence-electron chi connectivity index (χ4n) is 4.32. The summed E-state index contributed by atoms with van der Waals surface area (Å²) in [6.07, 6.45) is -3.62. The molecule has 2 N–H and O–H groups in total. The van der Waals surface area contributed by atoms with Crippen LogP contribution in [0.1, 0.15) is 30.9 Å². The van der Waals surface area contributed by atoms with E-state index in [1.54, 1.807) is 43.0 Å². The fourth-order valence-corrected chi connectivity index (χ4v) is 5.28. The molecule has 8 nitrogen and oxygen atoms in total. The van der Waals surface area contributed by atoms with Crippen LogP contribution in [0.2, 0.25) is 0 Å². The second kappa shape index (κ2) is 9.66. The third-order valence-electron chi connectivity index (χ3n) is 6.36. The monoisotopic (exact) mass is 534 g/mol. The van der Waals surface area contributed by atoms with Gasteiger partial charge in [-0.25, -0.2) is 9.97 Å². The Balaban J connectivity index is 1.67. The number of alkyl halides is 3. The summed E-state index contributed by atoms with van der Waals surface area (Å²) in [4.78, 5) is 21.6. The Morgan fingerprint density at radius 3 is 2.49 bits per heavy atom. The molecular formula is C25H25F3N4O4S. The van der Waals surface area contributed by atoms with Gasteiger partial charge in [-0.05, 0) is 56.5 Å². The van der Waals surface area contributed by atoms with E-state index in [1.165, 1.54) is 18.2 Å². The first-order valence-corrected chi connectivity index (χ1v) is 12.9. The van der Waals surface area contributed by atoms with Crippen molar-refractivity contribution >= 4 is 27.6 Å². The van der Waals surface area contributed by atoms with Gasteiger partial charge in [-0.3, -0.25) is 9.52 Å². The van der Waals surface area contributed by atoms with Crippen LogP contribution < -0.4 is 9.62 Å². The highest BCUT2D eigenvalue weighted by atomic mass is 32.2. The van der Waals surface area contributed by atoms with Crippen LogP contribution in [0, 0.1) is 12.3 Å². The van der Waals surface area contributed by atoms with Crippen molar-refractivity contribution in [3.8, 4) is 11.3 Å². The summed E-state index contributed by atoms with van der Waals surface area (Å²) in [6, 6.07) is 12.4. The van der Waals surface area contributed by atoms with Crippen LogP contribution in [0.25, 0.3) is 11.3 Å². The minimum Gasteiger partial charge on any atom is -0.481 e. The molecule has 1 aliphatic rings. The lowest BCUT2D eigenvalue weighted by molar-refractivity contribution is -0.148. The first-order chi connectivity index (χ1) is 17.3. The highest BCUT2D eigenvalue weighted by molar-refractivity contribution is 7.92. The van der Waals surface area contributed by atoms with Crippen LogP contribution in [0.15, 0.2) is 59.6 Å². The van der Waals surface area contributed by atoms with Crippen molar-refractivity contribution in [3.63, 3.8) is 0 Å². The minimum absolute atomic E-state index is 0.159. The van der Waals surface area contributed by atoms with Gasteiger partial charge < -0.3 is 10.0 Å². The van der Waals surface area contributed by atoms with Gasteiger partial charge in [0.1, 0.15) is 11.6 Å². The third-order valence-corrected chi connectivity index (χ3v) is 7.62. The van der Waals surface area contributed by atoms with Crippen molar-refractivity contribution in [2.24, 2.45) is 5.41 Å². The predicted molar refractivity (Wildman–Crippen MR) is 132 cm³/mol. The van der Waals surface area contributed by atoms with E-state index < -0.39 is 38.8 Å². The lowest BCUT2D eigenvalue weighted by Crippen LogP contribution is -2.46. The second-order valence-corrected chi connectivity index (χ2v) is 10.9. The summed E-state index contributed by atoms with van der Waals surface area (Å²) in [5.41, 5.74) is -1.61. The Hall–Kier alpha value is -3.67. The molecule has 0 amide bonds. The third kappa shape index (κ3) is 5.53. The lowest BCUT2D eigenvalue weighted by Gasteiger charge is -2.38. The first kappa shape index (κ1) is 26.4. The molecule has 0 spiro atoms. The molecule has 3 heterocycles. The summed E-state index contributed by atoms with van der Waals surface area (Å²) in [5, 5.41) is 9.20. The number of benzene rings is 1. The number of nitrogens with zero attached hydrogens (tertiary/aromatic N) is 3. The number of halogens is 3. The zero-order valence-corrected chi connectivity index (χ0v) is 20.9. The molecular weight excluding hydrogens is 509 g/mol. The molecule has 0 aliphatic carbocycles. The maximum Gasteiger partial charge on any atom is 0.418 e. The van der Waals surface area contributed by atoms with Gasteiger partial charge in [0.15, 0.2) is 5.03 Å². The zero-order chi connectivity index (χ0) is 27.0. The number of carbonyl (C=O) groups is 1. The number of pyridine rings is 2. The number of carboxylic acids is 1. The summed E-state index contributed by atoms with van der Waals surface area (Å²) in [7, 11) is -4.32. The molecule has 4 rings (SSSR count). The van der Waals surface area contributed by atoms with Gasteiger partial charge in [0.05, 0.1) is 16.7 Å². The van der Waals surface area contributed by atoms with E-state index in [0.717, 1.165) is 12.1 Å². The number of aliphatic carboxylic acids is 1. The number of carboxylic acid groups (broad SMARTS) is 1. The van der Waals surface area contributed by atoms with Crippen molar-refractivity contribution in [1.29, 1.82) is 0 Å². The average Bonchev–Trinajstić information content (AvgIpc) is 2.83. The normalized spacial score (nSPS) is 18.5. The van der Waals surface area contributed by atoms with Gasteiger partial charge in [0.2, 0.25) is 0 Å². The van der Waals surface area contributed by atoms with Crippen LogP contribution >= 0.6 is 0 Å². The summed E-state index contributed by atoms with van der Waals surface area (Å²) in [5.74, 6) is -0.952. The molecule has 1 aromatic carbocycles. The number of nitrogens with one attached hydrogen (secondary N) is 1. The summed E-state index contributed by atoms with van der Waals surface area (Å²) in [6.45, 7) is 3.94. The van der Waals surface area contributed by atoms with Gasteiger partial charge in [-0.2, -0.15) is 21.6 Å². The standard InChI is InChI=1S/C25H25F3N4O4S/c1-16-7-3-4-8-17(16)22-18(25(26,27)28)11-12-19(29-22)31-37(35,36)21-10-5-9-20(30-21)32-14-6-13-24(2,15-32)23(33)34/h3-5,7-12H,6,13-15H2,1-2H3,(H,29,31)(H,33,34). The van der Waals surface area contributed by atoms with Crippen molar-refractivity contribution in [2.45, 2.75) is 37.9 Å². The molecule has 1 saturated heterocycles. The highest BCUT2D eigenvalue weighted by Crippen LogP contribution is 2.38. The van der Waals surface area contributed by atoms with Gasteiger partial charge in [0.25, 0.3) is 10.0 Å². The van der Waals surface area contributed by atoms with Crippen LogP contribution in [0.4, 0.5) is 24.8 Å². The Morgan fingerprint density at radius 2 is 1.81 bits per heavy atom. The zero-order valence-electron chi connectivity index (χ0n) is 20.1. The molecule has 196 valence electrons. The number of hydrogen-bond acceptors (Lipinski definition) is 6. The summed E-state index contributed by atoms with van der Waals surface area (Å²) < 4.78 is 69.6. The molecule has 1 unspecified atom stereocenters. The molecule has 37 heavy (non-hydrogen) atoms. The number of rotatable bonds is 6. The molecule has 0 bridgehead atoms. The smallest absolute Gasteiger partial charge is 0.418 e. The van der Waals surface area contributed by atoms with Gasteiger partial charge in [0, 0.05) is 18.7 Å². The topological polar surface area (TPSA) is 112 Å². The van der Waals surface area contributed by atoms with Crippen molar-refractivity contribution < 1.29 is 31.5 Å². The van der Waals surface area contributed by atoms with Crippen LogP contribution in [-0.2, 0) is 21.0 Å². The Labute approximate surface area is 212 Å². The summed E-state index contributed by atoms with van der Waals surface area (Å²) >= 11 is 0. The van der Waals surface area contributed by atoms with Gasteiger partial charge in [-0.15, -0.1) is 0 Å². The fraction of sp³-hybridized carbons (Fsp3) is 0.320. The average molecular weight is 535 g/mol. The maximum absolute atomic E-state index is 13.7. The van der Waals surface area contributed by atoms with E-state index in [-0.39, 0.29) is 28.8 Å². The van der Waals surface area contributed by atoms with E-state index in [0.29, 0.717) is 24.9 Å². The predicted octanol–water partition coefficient (Wildman–Crippen LogP) is 4.96. The van der Waals surface area contributed by atoms with Crippen molar-refractivity contribution in [3.05, 3.63) is 65.7 Å². The number of hydrogen-bond donors (Lipinski definition) is 2. The van der Waals surface area contributed by atoms with E-state index >= 15 is 0 Å². The SMILES string of the molecule is Cc1ccccc1-c1nc(NS(=O)(=O)c2cccc(N3CCCC(C)(C(=O)O)C3)n2)ccc1C(F)(F)F. The second-order valence-electron chi connectivity index (χ2n) is 9.24. The molecule has 1 atom stereocenters. The molecule has 0 radical (unpaired) electrons. The van der Waals surface area contributed by atoms with Gasteiger partial charge in [-0.1, -0.05) is 30.3 Å². The van der Waals surface area contributed by atoms with Crippen LogP contribution in [0.5, 0.6) is 0 Å². The minimum atomic E-state index is -4.70. The molecule has 2 aromatic heterocycles. The van der Waals surface area contributed by atoms with Crippen LogP contribution in [-0.4, -0.2) is 42.6 Å². The largest absolute Gasteiger partial charge is 0.481 e. The van der Waals surface area contributed by atoms with Crippen molar-refractivity contribution in [1.82, 2.24) is 9.97 Å². The molecule has 12 heteroatoms. The highest BCUT2D eigenvalue weighted by Gasteiger charge is 2.39. The Bertz CT molecular complexity index is 1450. The first-order valence-electron chi connectivity index (χ1n) is 11.4. The Kier molecular flexibility index (Phi) is 6.89. The molecule has 1 aliphatic heterocycles. The Morgan fingerprint density at radius 1 is 1.08 bits per heavy atom. The van der Waals surface area contributed by atoms with E-state index in [4.69, 9.17) is 0 Å². The van der Waals surface area contributed by atoms with Crippen molar-refractivity contribution in [2.75, 3.05) is 22.7 Å². The number of aryl methyl sites for hydroxylation is 1. The van der Waals surface area contributed by atoms with E-state index in [9.17, 15) is 31.5 Å². The van der Waals surface area contributed by atoms with Crippen LogP contribution in [0.3, 0.4) is 0 Å². The molecule has 3 aromatic rings. The van der Waals surface area contributed by atoms with Gasteiger partial charge >= 0.3 is 12.1 Å². The van der Waals surface area contributed by atoms with E-state index in [2.05, 4.69) is 14.7 Å². The number of sulfonamides is 1. The number of piperidine rings is 1. The molecule has 1 fully saturated rings. The molecule has 0 saturated carbocycles. The maximum atomic E-state index is 13.7. The lowest BCUT2D eigenvalue weighted by atomic mass is 9.82.